The Balaban J connectivity index is 0.00000112. The van der Waals surface area contributed by atoms with Gasteiger partial charge in [-0.25, -0.2) is 0 Å². The molecule has 0 aliphatic rings. The second-order valence-electron chi connectivity index (χ2n) is 3.01. The fraction of sp³-hybridized carbons (Fsp3) is 0. The van der Waals surface area contributed by atoms with E-state index in [1.165, 1.54) is 34.2 Å². The number of halogens is 1. The van der Waals surface area contributed by atoms with Crippen LogP contribution in [0.3, 0.4) is 0 Å². The summed E-state index contributed by atoms with van der Waals surface area (Å²) in [5.41, 5.74) is 2.49. The van der Waals surface area contributed by atoms with E-state index in [1.54, 1.807) is 0 Å². The van der Waals surface area contributed by atoms with E-state index in [1.807, 2.05) is 12.1 Å². The summed E-state index contributed by atoms with van der Waals surface area (Å²) >= 11 is 1.38. The molecular formula is C12H11ClNSn. The van der Waals surface area contributed by atoms with Gasteiger partial charge in [-0.1, -0.05) is 0 Å². The Morgan fingerprint density at radius 1 is 0.667 bits per heavy atom. The second kappa shape index (κ2) is 6.03. The Morgan fingerprint density at radius 2 is 1.00 bits per heavy atom. The normalized spacial score (nSPS) is 9.13. The van der Waals surface area contributed by atoms with Gasteiger partial charge in [0, 0.05) is 0 Å². The first kappa shape index (κ1) is 12.4. The van der Waals surface area contributed by atoms with Crippen LogP contribution in [0.4, 0.5) is 11.4 Å². The van der Waals surface area contributed by atoms with Crippen molar-refractivity contribution in [2.24, 2.45) is 0 Å². The summed E-state index contributed by atoms with van der Waals surface area (Å²) in [4.78, 5) is 0. The maximum atomic E-state index is 2.26. The fourth-order valence-corrected chi connectivity index (χ4v) is 2.15. The first-order chi connectivity index (χ1) is 6.88. The third-order valence-corrected chi connectivity index (χ3v) is 3.50. The molecule has 0 atom stereocenters. The van der Waals surface area contributed by atoms with Crippen LogP contribution in [0.1, 0.15) is 0 Å². The van der Waals surface area contributed by atoms with E-state index in [0.29, 0.717) is 0 Å². The molecule has 0 bridgehead atoms. The SMILES string of the molecule is Cl.[Sn][N](c1ccccc1)c1ccccc1. The molecule has 2 aromatic rings. The molecule has 0 heterocycles. The van der Waals surface area contributed by atoms with Gasteiger partial charge in [0.1, 0.15) is 0 Å². The van der Waals surface area contributed by atoms with Crippen molar-refractivity contribution in [1.82, 2.24) is 0 Å². The van der Waals surface area contributed by atoms with Gasteiger partial charge in [0.15, 0.2) is 0 Å². The fourth-order valence-electron chi connectivity index (χ4n) is 1.30. The summed E-state index contributed by atoms with van der Waals surface area (Å²) in [5, 5.41) is 0. The minimum atomic E-state index is 0. The van der Waals surface area contributed by atoms with Gasteiger partial charge in [0.05, 0.1) is 0 Å². The van der Waals surface area contributed by atoms with E-state index in [9.17, 15) is 0 Å². The van der Waals surface area contributed by atoms with Gasteiger partial charge in [-0.2, -0.15) is 0 Å². The molecule has 0 unspecified atom stereocenters. The van der Waals surface area contributed by atoms with Crippen LogP contribution < -0.4 is 3.12 Å². The van der Waals surface area contributed by atoms with Crippen LogP contribution in [-0.4, -0.2) is 22.8 Å². The van der Waals surface area contributed by atoms with Crippen molar-refractivity contribution in [3.8, 4) is 0 Å². The predicted molar refractivity (Wildman–Crippen MR) is 68.0 cm³/mol. The molecule has 3 heteroatoms. The van der Waals surface area contributed by atoms with E-state index < -0.39 is 0 Å². The van der Waals surface area contributed by atoms with Crippen LogP contribution in [0.2, 0.25) is 0 Å². The molecule has 0 saturated heterocycles. The standard InChI is InChI=1S/C12H10N.ClH.Sn/c1-3-7-11(8-4-1)13-12-9-5-2-6-10-12;;/h1-10H;1H;/q-1;;+1. The Kier molecular flexibility index (Phi) is 4.98. The van der Waals surface area contributed by atoms with Crippen molar-refractivity contribution in [1.29, 1.82) is 0 Å². The zero-order valence-corrected chi connectivity index (χ0v) is 11.8. The molecule has 0 saturated carbocycles. The van der Waals surface area contributed by atoms with Crippen molar-refractivity contribution in [2.45, 2.75) is 0 Å². The molecule has 0 aromatic heterocycles. The molecule has 0 N–H and O–H groups in total. The molecular weight excluding hydrogens is 312 g/mol. The first-order valence-electron chi connectivity index (χ1n) is 4.49. The predicted octanol–water partition coefficient (Wildman–Crippen LogP) is 3.33. The number of hydrogen-bond donors (Lipinski definition) is 0. The van der Waals surface area contributed by atoms with Gasteiger partial charge in [-0.05, 0) is 0 Å². The van der Waals surface area contributed by atoms with Crippen LogP contribution in [0, 0.1) is 0 Å². The number of hydrogen-bond acceptors (Lipinski definition) is 1. The monoisotopic (exact) mass is 324 g/mol. The van der Waals surface area contributed by atoms with Gasteiger partial charge in [0.25, 0.3) is 0 Å². The van der Waals surface area contributed by atoms with E-state index in [4.69, 9.17) is 0 Å². The summed E-state index contributed by atoms with van der Waals surface area (Å²) in [5.74, 6) is 0. The third-order valence-electron chi connectivity index (χ3n) is 2.03. The van der Waals surface area contributed by atoms with Gasteiger partial charge in [-0.3, -0.25) is 0 Å². The average molecular weight is 323 g/mol. The van der Waals surface area contributed by atoms with Crippen molar-refractivity contribution < 1.29 is 0 Å². The first-order valence-corrected chi connectivity index (χ1v) is 5.77. The average Bonchev–Trinajstić information content (AvgIpc) is 2.30. The summed E-state index contributed by atoms with van der Waals surface area (Å²) in [6.07, 6.45) is 0. The Morgan fingerprint density at radius 3 is 1.33 bits per heavy atom. The Hall–Kier alpha value is -0.671. The zero-order valence-electron chi connectivity index (χ0n) is 8.13. The van der Waals surface area contributed by atoms with Crippen molar-refractivity contribution in [3.63, 3.8) is 0 Å². The number of para-hydroxylation sites is 2. The number of benzene rings is 2. The van der Waals surface area contributed by atoms with E-state index in [2.05, 4.69) is 51.7 Å². The quantitative estimate of drug-likeness (QED) is 0.766. The zero-order chi connectivity index (χ0) is 9.80. The van der Waals surface area contributed by atoms with E-state index in [0.717, 1.165) is 0 Å². The molecule has 0 aliphatic carbocycles. The number of anilines is 2. The van der Waals surface area contributed by atoms with Crippen LogP contribution >= 0.6 is 12.4 Å². The Bertz CT molecular complexity index is 351. The van der Waals surface area contributed by atoms with Crippen LogP contribution in [0.5, 0.6) is 0 Å². The van der Waals surface area contributed by atoms with Crippen molar-refractivity contribution in [3.05, 3.63) is 60.7 Å². The second-order valence-corrected chi connectivity index (χ2v) is 4.28. The number of nitrogens with zero attached hydrogens (tertiary/aromatic N) is 1. The molecule has 1 nitrogen and oxygen atoms in total. The summed E-state index contributed by atoms with van der Waals surface area (Å²) in [6, 6.07) is 20.8. The van der Waals surface area contributed by atoms with Crippen LogP contribution in [-0.2, 0) is 0 Å². The van der Waals surface area contributed by atoms with Crippen LogP contribution in [0.15, 0.2) is 60.7 Å². The third kappa shape index (κ3) is 3.14. The molecule has 0 aliphatic heterocycles. The molecule has 0 spiro atoms. The molecule has 3 radical (unpaired) electrons. The number of rotatable bonds is 2. The van der Waals surface area contributed by atoms with Crippen molar-refractivity contribution >= 4 is 46.6 Å². The summed E-state index contributed by atoms with van der Waals surface area (Å²) < 4.78 is 2.26. The van der Waals surface area contributed by atoms with Gasteiger partial charge in [0.2, 0.25) is 0 Å². The molecule has 75 valence electrons. The van der Waals surface area contributed by atoms with Crippen molar-refractivity contribution in [2.75, 3.05) is 3.12 Å². The molecule has 0 fully saturated rings. The summed E-state index contributed by atoms with van der Waals surface area (Å²) in [6.45, 7) is 0. The molecule has 2 rings (SSSR count). The van der Waals surface area contributed by atoms with Crippen LogP contribution in [0.25, 0.3) is 0 Å². The van der Waals surface area contributed by atoms with Gasteiger partial charge < -0.3 is 0 Å². The molecule has 2 aromatic carbocycles. The van der Waals surface area contributed by atoms with E-state index >= 15 is 0 Å². The van der Waals surface area contributed by atoms with Gasteiger partial charge in [-0.15, -0.1) is 12.4 Å². The molecule has 0 amide bonds. The maximum absolute atomic E-state index is 2.26. The van der Waals surface area contributed by atoms with E-state index in [-0.39, 0.29) is 12.4 Å². The Labute approximate surface area is 110 Å². The summed E-state index contributed by atoms with van der Waals surface area (Å²) in [7, 11) is 0. The molecule has 15 heavy (non-hydrogen) atoms. The van der Waals surface area contributed by atoms with Gasteiger partial charge >= 0.3 is 98.0 Å². The minimum absolute atomic E-state index is 0. The topological polar surface area (TPSA) is 3.24 Å².